The van der Waals surface area contributed by atoms with Crippen LogP contribution < -0.4 is 5.32 Å². The predicted octanol–water partition coefficient (Wildman–Crippen LogP) is -0.885. The van der Waals surface area contributed by atoms with Gasteiger partial charge in [-0.25, -0.2) is 13.2 Å². The first-order valence-electron chi connectivity index (χ1n) is 4.79. The summed E-state index contributed by atoms with van der Waals surface area (Å²) in [5.74, 6) is -0.170. The lowest BCUT2D eigenvalue weighted by molar-refractivity contribution is -0.118. The number of hydrogen-bond donors (Lipinski definition) is 1. The predicted molar refractivity (Wildman–Crippen MR) is 51.9 cm³/mol. The summed E-state index contributed by atoms with van der Waals surface area (Å²) >= 11 is 0. The van der Waals surface area contributed by atoms with E-state index in [1.54, 1.807) is 0 Å². The molecule has 84 valence electrons. The molecule has 0 aromatic heterocycles. The number of amides is 3. The smallest absolute Gasteiger partial charge is 0.314 e. The van der Waals surface area contributed by atoms with Gasteiger partial charge >= 0.3 is 6.03 Å². The maximum Gasteiger partial charge on any atom is 0.324 e. The van der Waals surface area contributed by atoms with E-state index in [0.717, 1.165) is 0 Å². The summed E-state index contributed by atoms with van der Waals surface area (Å²) in [7, 11) is -3.05. The van der Waals surface area contributed by atoms with Crippen molar-refractivity contribution in [3.05, 3.63) is 0 Å². The van der Waals surface area contributed by atoms with Crippen LogP contribution in [0.4, 0.5) is 4.79 Å². The van der Waals surface area contributed by atoms with Gasteiger partial charge in [0, 0.05) is 6.54 Å². The van der Waals surface area contributed by atoms with Gasteiger partial charge in [0.15, 0.2) is 9.84 Å². The van der Waals surface area contributed by atoms with Gasteiger partial charge in [-0.2, -0.15) is 0 Å². The van der Waals surface area contributed by atoms with Crippen molar-refractivity contribution in [1.82, 2.24) is 10.2 Å². The summed E-state index contributed by atoms with van der Waals surface area (Å²) in [5.41, 5.74) is 0. The van der Waals surface area contributed by atoms with Crippen LogP contribution in [-0.4, -0.2) is 49.3 Å². The lowest BCUT2D eigenvalue weighted by Gasteiger charge is -2.17. The highest BCUT2D eigenvalue weighted by Gasteiger charge is 2.36. The van der Waals surface area contributed by atoms with Crippen molar-refractivity contribution >= 4 is 21.8 Å². The summed E-state index contributed by atoms with van der Waals surface area (Å²) in [6, 6.07) is -0.484. The van der Waals surface area contributed by atoms with E-state index in [1.165, 1.54) is 4.90 Å². The van der Waals surface area contributed by atoms with Crippen LogP contribution in [0.1, 0.15) is 12.8 Å². The molecule has 2 rings (SSSR count). The summed E-state index contributed by atoms with van der Waals surface area (Å²) in [4.78, 5) is 23.3. The van der Waals surface area contributed by atoms with Gasteiger partial charge in [0.25, 0.3) is 0 Å². The number of carbonyl (C=O) groups is 2. The molecule has 0 bridgehead atoms. The molecule has 1 atom stereocenters. The molecule has 1 N–H and O–H groups in total. The second-order valence-electron chi connectivity index (χ2n) is 3.87. The Morgan fingerprint density at radius 1 is 1.40 bits per heavy atom. The van der Waals surface area contributed by atoms with E-state index in [4.69, 9.17) is 0 Å². The van der Waals surface area contributed by atoms with Gasteiger partial charge in [0.1, 0.15) is 6.54 Å². The number of imide groups is 1. The van der Waals surface area contributed by atoms with Gasteiger partial charge in [0.2, 0.25) is 5.91 Å². The number of nitrogens with one attached hydrogen (secondary N) is 1. The molecule has 0 aromatic rings. The highest BCUT2D eigenvalue weighted by atomic mass is 32.2. The van der Waals surface area contributed by atoms with Crippen LogP contribution in [-0.2, 0) is 14.6 Å². The fraction of sp³-hybridized carbons (Fsp3) is 0.750. The summed E-state index contributed by atoms with van der Waals surface area (Å²) in [5, 5.41) is 1.63. The first kappa shape index (κ1) is 10.4. The zero-order valence-corrected chi connectivity index (χ0v) is 8.92. The maximum absolute atomic E-state index is 11.5. The number of nitrogens with zero attached hydrogens (tertiary/aromatic N) is 1. The van der Waals surface area contributed by atoms with E-state index in [0.29, 0.717) is 12.8 Å². The standard InChI is InChI=1S/C8H12N2O4S/c11-7-5-10(8(12)9-7)4-6-2-1-3-15(6,13)14/h6H,1-5H2,(H,9,11,12). The van der Waals surface area contributed by atoms with E-state index in [2.05, 4.69) is 5.32 Å². The van der Waals surface area contributed by atoms with Crippen molar-refractivity contribution in [3.63, 3.8) is 0 Å². The number of sulfone groups is 1. The lowest BCUT2D eigenvalue weighted by Crippen LogP contribution is -2.37. The Balaban J connectivity index is 2.04. The third kappa shape index (κ3) is 1.97. The molecule has 7 heteroatoms. The van der Waals surface area contributed by atoms with Crippen molar-refractivity contribution < 1.29 is 18.0 Å². The number of rotatable bonds is 2. The molecule has 0 aromatic carbocycles. The van der Waals surface area contributed by atoms with Crippen LogP contribution in [0.5, 0.6) is 0 Å². The molecule has 0 radical (unpaired) electrons. The van der Waals surface area contributed by atoms with Crippen molar-refractivity contribution in [3.8, 4) is 0 Å². The van der Waals surface area contributed by atoms with Gasteiger partial charge in [-0.1, -0.05) is 0 Å². The Morgan fingerprint density at radius 2 is 2.13 bits per heavy atom. The third-order valence-electron chi connectivity index (χ3n) is 2.75. The van der Waals surface area contributed by atoms with Gasteiger partial charge in [-0.15, -0.1) is 0 Å². The van der Waals surface area contributed by atoms with E-state index in [1.807, 2.05) is 0 Å². The van der Waals surface area contributed by atoms with Crippen molar-refractivity contribution in [1.29, 1.82) is 0 Å². The average molecular weight is 232 g/mol. The number of urea groups is 1. The molecule has 2 heterocycles. The van der Waals surface area contributed by atoms with Crippen LogP contribution in [0.2, 0.25) is 0 Å². The fourth-order valence-corrected chi connectivity index (χ4v) is 3.77. The van der Waals surface area contributed by atoms with Crippen LogP contribution >= 0.6 is 0 Å². The molecule has 2 saturated heterocycles. The molecule has 6 nitrogen and oxygen atoms in total. The SMILES string of the molecule is O=C1CN(CC2CCCS2(=O)=O)C(=O)N1. The summed E-state index contributed by atoms with van der Waals surface area (Å²) < 4.78 is 23.0. The van der Waals surface area contributed by atoms with Crippen LogP contribution in [0, 0.1) is 0 Å². The Kier molecular flexibility index (Phi) is 2.41. The summed E-state index contributed by atoms with van der Waals surface area (Å²) in [6.45, 7) is 0.116. The Labute approximate surface area is 87.5 Å². The van der Waals surface area contributed by atoms with E-state index < -0.39 is 21.1 Å². The largest absolute Gasteiger partial charge is 0.324 e. The Hall–Kier alpha value is -1.11. The van der Waals surface area contributed by atoms with Gasteiger partial charge in [-0.05, 0) is 12.8 Å². The Morgan fingerprint density at radius 3 is 2.60 bits per heavy atom. The fourth-order valence-electron chi connectivity index (χ4n) is 1.94. The van der Waals surface area contributed by atoms with Crippen molar-refractivity contribution in [2.45, 2.75) is 18.1 Å². The zero-order chi connectivity index (χ0) is 11.1. The zero-order valence-electron chi connectivity index (χ0n) is 8.10. The minimum atomic E-state index is -3.05. The molecular weight excluding hydrogens is 220 g/mol. The first-order chi connectivity index (χ1) is 6.99. The molecular formula is C8H12N2O4S. The van der Waals surface area contributed by atoms with Gasteiger partial charge < -0.3 is 4.90 Å². The molecule has 1 unspecified atom stereocenters. The topological polar surface area (TPSA) is 83.6 Å². The molecule has 2 aliphatic heterocycles. The molecule has 0 saturated carbocycles. The lowest BCUT2D eigenvalue weighted by atomic mass is 10.2. The monoisotopic (exact) mass is 232 g/mol. The molecule has 15 heavy (non-hydrogen) atoms. The van der Waals surface area contributed by atoms with Crippen molar-refractivity contribution in [2.75, 3.05) is 18.8 Å². The second-order valence-corrected chi connectivity index (χ2v) is 6.27. The van der Waals surface area contributed by atoms with Gasteiger partial charge in [0.05, 0.1) is 11.0 Å². The maximum atomic E-state index is 11.5. The van der Waals surface area contributed by atoms with E-state index in [-0.39, 0.29) is 24.7 Å². The highest BCUT2D eigenvalue weighted by Crippen LogP contribution is 2.21. The first-order valence-corrected chi connectivity index (χ1v) is 6.51. The second kappa shape index (κ2) is 3.48. The number of carbonyl (C=O) groups excluding carboxylic acids is 2. The van der Waals surface area contributed by atoms with Gasteiger partial charge in [-0.3, -0.25) is 10.1 Å². The minimum Gasteiger partial charge on any atom is -0.314 e. The molecule has 0 aliphatic carbocycles. The van der Waals surface area contributed by atoms with Crippen LogP contribution in [0.3, 0.4) is 0 Å². The third-order valence-corrected chi connectivity index (χ3v) is 5.01. The van der Waals surface area contributed by atoms with Crippen molar-refractivity contribution in [2.24, 2.45) is 0 Å². The van der Waals surface area contributed by atoms with E-state index in [9.17, 15) is 18.0 Å². The number of hydrogen-bond acceptors (Lipinski definition) is 4. The Bertz CT molecular complexity index is 403. The molecule has 2 aliphatic rings. The van der Waals surface area contributed by atoms with Crippen LogP contribution in [0.15, 0.2) is 0 Å². The molecule has 3 amide bonds. The molecule has 2 fully saturated rings. The molecule has 0 spiro atoms. The average Bonchev–Trinajstić information content (AvgIpc) is 2.58. The summed E-state index contributed by atoms with van der Waals surface area (Å²) in [6.07, 6.45) is 1.23. The van der Waals surface area contributed by atoms with E-state index >= 15 is 0 Å². The minimum absolute atomic E-state index is 0.0230. The quantitative estimate of drug-likeness (QED) is 0.626. The normalized spacial score (nSPS) is 29.6. The highest BCUT2D eigenvalue weighted by molar-refractivity contribution is 7.92. The van der Waals surface area contributed by atoms with Crippen LogP contribution in [0.25, 0.3) is 0 Å².